The molecule has 1 aromatic heterocycles. The number of nitrogens with zero attached hydrogens (tertiary/aromatic N) is 1. The van der Waals surface area contributed by atoms with Crippen LogP contribution in [0.3, 0.4) is 0 Å². The zero-order chi connectivity index (χ0) is 18.7. The molecule has 0 aliphatic rings. The van der Waals surface area contributed by atoms with Crippen LogP contribution in [-0.2, 0) is 9.84 Å². The average molecular weight is 374 g/mol. The van der Waals surface area contributed by atoms with Gasteiger partial charge in [-0.1, -0.05) is 32.0 Å². The molecule has 0 unspecified atom stereocenters. The lowest BCUT2D eigenvalue weighted by atomic mass is 10.2. The molecule has 5 nitrogen and oxygen atoms in total. The van der Waals surface area contributed by atoms with E-state index in [0.717, 1.165) is 12.1 Å². The van der Waals surface area contributed by atoms with Gasteiger partial charge in [0.25, 0.3) is 0 Å². The third-order valence-electron chi connectivity index (χ3n) is 3.67. The summed E-state index contributed by atoms with van der Waals surface area (Å²) in [5.41, 5.74) is 0.667. The van der Waals surface area contributed by atoms with Gasteiger partial charge in [0.05, 0.1) is 4.90 Å². The van der Waals surface area contributed by atoms with Crippen LogP contribution in [0.1, 0.15) is 13.8 Å². The molecular formula is C19H19FN2O3S. The fourth-order valence-electron chi connectivity index (χ4n) is 2.33. The van der Waals surface area contributed by atoms with E-state index in [1.807, 2.05) is 32.0 Å². The van der Waals surface area contributed by atoms with Crippen molar-refractivity contribution in [1.82, 2.24) is 4.98 Å². The maximum absolute atomic E-state index is 13.2. The molecule has 1 N–H and O–H groups in total. The summed E-state index contributed by atoms with van der Waals surface area (Å²) in [6, 6.07) is 13.7. The summed E-state index contributed by atoms with van der Waals surface area (Å²) < 4.78 is 44.8. The molecule has 136 valence electrons. The number of rotatable bonds is 6. The number of nitrogens with one attached hydrogen (secondary N) is 1. The normalized spacial score (nSPS) is 11.7. The van der Waals surface area contributed by atoms with Gasteiger partial charge in [-0.05, 0) is 42.3 Å². The fourth-order valence-corrected chi connectivity index (χ4v) is 3.61. The number of sulfone groups is 1. The quantitative estimate of drug-likeness (QED) is 0.648. The van der Waals surface area contributed by atoms with E-state index >= 15 is 0 Å². The monoisotopic (exact) mass is 374 g/mol. The molecule has 0 saturated carbocycles. The van der Waals surface area contributed by atoms with Gasteiger partial charge in [-0.3, -0.25) is 0 Å². The molecular weight excluding hydrogens is 355 g/mol. The van der Waals surface area contributed by atoms with Crippen molar-refractivity contribution >= 4 is 15.7 Å². The first kappa shape index (κ1) is 18.1. The van der Waals surface area contributed by atoms with Crippen molar-refractivity contribution in [3.05, 3.63) is 60.4 Å². The molecule has 2 aromatic carbocycles. The lowest BCUT2D eigenvalue weighted by Crippen LogP contribution is -2.11. The van der Waals surface area contributed by atoms with Gasteiger partial charge in [-0.2, -0.15) is 4.98 Å². The Morgan fingerprint density at radius 2 is 1.73 bits per heavy atom. The first-order valence-corrected chi connectivity index (χ1v) is 9.67. The van der Waals surface area contributed by atoms with Gasteiger partial charge in [0, 0.05) is 12.1 Å². The van der Waals surface area contributed by atoms with Crippen LogP contribution in [-0.4, -0.2) is 19.9 Å². The number of anilines is 1. The molecule has 3 rings (SSSR count). The Morgan fingerprint density at radius 3 is 2.35 bits per heavy atom. The van der Waals surface area contributed by atoms with Crippen LogP contribution < -0.4 is 5.32 Å². The smallest absolute Gasteiger partial charge is 0.233 e. The Hall–Kier alpha value is -2.67. The summed E-state index contributed by atoms with van der Waals surface area (Å²) >= 11 is 0. The molecule has 0 spiro atoms. The predicted octanol–water partition coefficient (Wildman–Crippen LogP) is 4.38. The topological polar surface area (TPSA) is 72.2 Å². The lowest BCUT2D eigenvalue weighted by molar-refractivity contribution is 0.567. The standard InChI is InChI=1S/C19H19FN2O3S/c1-13(2)12-21-18-19(22-17(25-18)14-6-4-3-5-7-14)26(23,24)16-10-8-15(20)9-11-16/h3-11,13,21H,12H2,1-2H3. The summed E-state index contributed by atoms with van der Waals surface area (Å²) in [6.45, 7) is 4.51. The molecule has 0 fully saturated rings. The fraction of sp³-hybridized carbons (Fsp3) is 0.211. The van der Waals surface area contributed by atoms with Gasteiger partial charge in [0.15, 0.2) is 0 Å². The van der Waals surface area contributed by atoms with Crippen LogP contribution in [0.25, 0.3) is 11.5 Å². The van der Waals surface area contributed by atoms with Crippen molar-refractivity contribution in [1.29, 1.82) is 0 Å². The van der Waals surface area contributed by atoms with Gasteiger partial charge in [0.1, 0.15) is 5.82 Å². The van der Waals surface area contributed by atoms with Crippen LogP contribution in [0.2, 0.25) is 0 Å². The van der Waals surface area contributed by atoms with Gasteiger partial charge in [-0.25, -0.2) is 12.8 Å². The number of benzene rings is 2. The minimum Gasteiger partial charge on any atom is -0.419 e. The SMILES string of the molecule is CC(C)CNc1oc(-c2ccccc2)nc1S(=O)(=O)c1ccc(F)cc1. The molecule has 1 heterocycles. The molecule has 0 atom stereocenters. The van der Waals surface area contributed by atoms with E-state index < -0.39 is 15.7 Å². The van der Waals surface area contributed by atoms with E-state index in [2.05, 4.69) is 10.3 Å². The van der Waals surface area contributed by atoms with Gasteiger partial charge < -0.3 is 9.73 Å². The largest absolute Gasteiger partial charge is 0.419 e. The van der Waals surface area contributed by atoms with Crippen LogP contribution in [0.4, 0.5) is 10.3 Å². The van der Waals surface area contributed by atoms with Crippen molar-refractivity contribution in [2.75, 3.05) is 11.9 Å². The minimum absolute atomic E-state index is 0.0422. The highest BCUT2D eigenvalue weighted by Crippen LogP contribution is 2.32. The molecule has 26 heavy (non-hydrogen) atoms. The Labute approximate surface area is 151 Å². The Kier molecular flexibility index (Phi) is 5.08. The number of hydrogen-bond donors (Lipinski definition) is 1. The third-order valence-corrected chi connectivity index (χ3v) is 5.34. The Bertz CT molecular complexity index is 981. The van der Waals surface area contributed by atoms with Gasteiger partial charge in [-0.15, -0.1) is 0 Å². The molecule has 0 radical (unpaired) electrons. The maximum atomic E-state index is 13.2. The molecule has 0 saturated heterocycles. The van der Waals surface area contributed by atoms with E-state index in [4.69, 9.17) is 4.42 Å². The maximum Gasteiger partial charge on any atom is 0.233 e. The summed E-state index contributed by atoms with van der Waals surface area (Å²) in [5, 5.41) is 2.80. The van der Waals surface area contributed by atoms with Crippen molar-refractivity contribution in [3.63, 3.8) is 0 Å². The molecule has 7 heteroatoms. The molecule has 0 aliphatic heterocycles. The van der Waals surface area contributed by atoms with Crippen molar-refractivity contribution in [2.45, 2.75) is 23.8 Å². The average Bonchev–Trinajstić information content (AvgIpc) is 3.06. The van der Waals surface area contributed by atoms with Crippen LogP contribution in [0.5, 0.6) is 0 Å². The van der Waals surface area contributed by atoms with E-state index in [1.54, 1.807) is 12.1 Å². The third kappa shape index (κ3) is 3.77. The second-order valence-corrected chi connectivity index (χ2v) is 8.12. The predicted molar refractivity (Wildman–Crippen MR) is 97.1 cm³/mol. The zero-order valence-electron chi connectivity index (χ0n) is 14.4. The van der Waals surface area contributed by atoms with Crippen molar-refractivity contribution < 1.29 is 17.2 Å². The summed E-state index contributed by atoms with van der Waals surface area (Å²) in [5.74, 6) is 0.0632. The molecule has 0 amide bonds. The second kappa shape index (κ2) is 7.29. The Balaban J connectivity index is 2.08. The van der Waals surface area contributed by atoms with Gasteiger partial charge in [0.2, 0.25) is 26.6 Å². The number of halogens is 1. The number of oxazole rings is 1. The van der Waals surface area contributed by atoms with E-state index in [9.17, 15) is 12.8 Å². The van der Waals surface area contributed by atoms with E-state index in [-0.39, 0.29) is 27.6 Å². The van der Waals surface area contributed by atoms with Crippen molar-refractivity contribution in [3.8, 4) is 11.5 Å². The van der Waals surface area contributed by atoms with Crippen LogP contribution in [0.15, 0.2) is 68.9 Å². The minimum atomic E-state index is -3.96. The summed E-state index contributed by atoms with van der Waals surface area (Å²) in [4.78, 5) is 4.18. The second-order valence-electron chi connectivity index (χ2n) is 6.25. The highest BCUT2D eigenvalue weighted by atomic mass is 32.2. The van der Waals surface area contributed by atoms with E-state index in [0.29, 0.717) is 12.1 Å². The van der Waals surface area contributed by atoms with Crippen molar-refractivity contribution in [2.24, 2.45) is 5.92 Å². The summed E-state index contributed by atoms with van der Waals surface area (Å²) in [6.07, 6.45) is 0. The molecule has 0 bridgehead atoms. The number of aromatic nitrogens is 1. The molecule has 0 aliphatic carbocycles. The molecule has 3 aromatic rings. The zero-order valence-corrected chi connectivity index (χ0v) is 15.3. The summed E-state index contributed by atoms with van der Waals surface area (Å²) in [7, 11) is -3.96. The highest BCUT2D eigenvalue weighted by Gasteiger charge is 2.28. The van der Waals surface area contributed by atoms with Crippen LogP contribution >= 0.6 is 0 Å². The van der Waals surface area contributed by atoms with Crippen LogP contribution in [0, 0.1) is 11.7 Å². The van der Waals surface area contributed by atoms with E-state index in [1.165, 1.54) is 12.1 Å². The first-order valence-electron chi connectivity index (χ1n) is 8.18. The first-order chi connectivity index (χ1) is 12.4. The number of hydrogen-bond acceptors (Lipinski definition) is 5. The Morgan fingerprint density at radius 1 is 1.08 bits per heavy atom. The van der Waals surface area contributed by atoms with Gasteiger partial charge >= 0.3 is 0 Å². The highest BCUT2D eigenvalue weighted by molar-refractivity contribution is 7.91. The lowest BCUT2D eigenvalue weighted by Gasteiger charge is -2.08.